The second-order valence-electron chi connectivity index (χ2n) is 26.6. The van der Waals surface area contributed by atoms with Gasteiger partial charge in [-0.1, -0.05) is 370 Å². The summed E-state index contributed by atoms with van der Waals surface area (Å²) in [6, 6.07) is 149. The van der Waals surface area contributed by atoms with Crippen LogP contribution in [0.25, 0.3) is 180 Å². The predicted molar refractivity (Wildman–Crippen MR) is 447 cm³/mol. The summed E-state index contributed by atoms with van der Waals surface area (Å²) in [4.78, 5) is 29.7. The number of hydrogen-bond acceptors (Lipinski definition) is 6. The van der Waals surface area contributed by atoms with E-state index >= 15 is 0 Å². The van der Waals surface area contributed by atoms with Crippen molar-refractivity contribution in [3.05, 3.63) is 425 Å². The Labute approximate surface area is 630 Å². The Hall–Kier alpha value is -14.5. The maximum atomic E-state index is 5.00. The Morgan fingerprint density at radius 3 is 0.444 bits per heavy atom. The van der Waals surface area contributed by atoms with E-state index in [9.17, 15) is 0 Å². The number of aromatic nitrogens is 6. The average molecular weight is 1380 g/mol. The smallest absolute Gasteiger partial charge is 0.164 e. The van der Waals surface area contributed by atoms with Gasteiger partial charge in [0.1, 0.15) is 0 Å². The normalized spacial score (nSPS) is 11.0. The third-order valence-corrected chi connectivity index (χ3v) is 19.5. The van der Waals surface area contributed by atoms with Gasteiger partial charge in [-0.25, -0.2) is 29.9 Å². The molecule has 0 aliphatic rings. The van der Waals surface area contributed by atoms with E-state index in [0.717, 1.165) is 83.5 Å². The van der Waals surface area contributed by atoms with Crippen LogP contribution in [0.5, 0.6) is 0 Å². The molecular formula is C102H70N6. The Morgan fingerprint density at radius 1 is 0.0833 bits per heavy atom. The van der Waals surface area contributed by atoms with Gasteiger partial charge in [0.25, 0.3) is 0 Å². The average Bonchev–Trinajstić information content (AvgIpc) is 0.816. The first-order chi connectivity index (χ1) is 53.5. The van der Waals surface area contributed by atoms with Crippen molar-refractivity contribution in [2.24, 2.45) is 0 Å². The second kappa shape index (κ2) is 31.2. The van der Waals surface area contributed by atoms with Crippen LogP contribution in [0.15, 0.2) is 425 Å². The molecule has 18 rings (SSSR count). The topological polar surface area (TPSA) is 77.3 Å². The molecule has 6 heteroatoms. The summed E-state index contributed by atoms with van der Waals surface area (Å²) in [7, 11) is 0. The monoisotopic (exact) mass is 1380 g/mol. The largest absolute Gasteiger partial charge is 0.208 e. The highest BCUT2D eigenvalue weighted by Crippen LogP contribution is 2.39. The molecule has 0 N–H and O–H groups in total. The third-order valence-electron chi connectivity index (χ3n) is 19.5. The first kappa shape index (κ1) is 66.8. The van der Waals surface area contributed by atoms with Gasteiger partial charge >= 0.3 is 0 Å². The van der Waals surface area contributed by atoms with Crippen LogP contribution in [0.4, 0.5) is 0 Å². The Kier molecular flexibility index (Phi) is 19.3. The van der Waals surface area contributed by atoms with Crippen LogP contribution >= 0.6 is 0 Å². The van der Waals surface area contributed by atoms with E-state index in [2.05, 4.69) is 303 Å². The first-order valence-electron chi connectivity index (χ1n) is 36.4. The highest BCUT2D eigenvalue weighted by atomic mass is 15.0. The molecule has 0 aliphatic carbocycles. The second-order valence-corrected chi connectivity index (χ2v) is 26.6. The molecule has 0 amide bonds. The van der Waals surface area contributed by atoms with Gasteiger partial charge in [-0.15, -0.1) is 0 Å². The van der Waals surface area contributed by atoms with Crippen LogP contribution in [0.3, 0.4) is 0 Å². The molecule has 0 fully saturated rings. The highest BCUT2D eigenvalue weighted by Gasteiger charge is 2.18. The van der Waals surface area contributed by atoms with Crippen LogP contribution in [-0.2, 0) is 0 Å². The lowest BCUT2D eigenvalue weighted by Crippen LogP contribution is -2.00. The molecule has 0 spiro atoms. The molecule has 16 aromatic carbocycles. The minimum absolute atomic E-state index is 0.636. The molecule has 18 aromatic rings. The van der Waals surface area contributed by atoms with Crippen molar-refractivity contribution in [3.8, 4) is 180 Å². The summed E-state index contributed by atoms with van der Waals surface area (Å²) in [6.07, 6.45) is 0. The molecule has 0 aliphatic heterocycles. The van der Waals surface area contributed by atoms with Crippen molar-refractivity contribution < 1.29 is 0 Å². The maximum absolute atomic E-state index is 5.00. The SMILES string of the molecule is c1ccc(-c2cc(-c3ccccc3)cc(-c3ccc(-c4cccc(-c5cccc(-c6nc(-c7ccccc7)nc(-c7ccccc7)n6)c5)c4)cc3)c2)cc1.c1ccc(-c2ccc(-c3ccc(-c4cc(-c5ccccc5)cc(-c5cccc(-c6nc(-c7ccccc7)nc(-c7ccccc7)n6)c5)c4)cc3)cc2)cc1. The number of nitrogens with zero attached hydrogens (tertiary/aromatic N) is 6. The fourth-order valence-corrected chi connectivity index (χ4v) is 13.8. The van der Waals surface area contributed by atoms with Crippen LogP contribution in [-0.4, -0.2) is 29.9 Å². The predicted octanol–water partition coefficient (Wildman–Crippen LogP) is 26.4. The number of benzene rings is 16. The molecule has 0 radical (unpaired) electrons. The van der Waals surface area contributed by atoms with Crippen molar-refractivity contribution in [1.82, 2.24) is 29.9 Å². The third kappa shape index (κ3) is 15.3. The van der Waals surface area contributed by atoms with Crippen LogP contribution in [0, 0.1) is 0 Å². The van der Waals surface area contributed by atoms with Crippen LogP contribution in [0.2, 0.25) is 0 Å². The molecule has 0 atom stereocenters. The van der Waals surface area contributed by atoms with E-state index in [-0.39, 0.29) is 0 Å². The molecule has 2 heterocycles. The van der Waals surface area contributed by atoms with E-state index in [1.807, 2.05) is 121 Å². The highest BCUT2D eigenvalue weighted by molar-refractivity contribution is 5.86. The standard InChI is InChI=1S/2C51H35N3/c1-5-15-36(16-6-1)46-33-47(37-17-7-2-8-18-37)35-48(34-46)39-29-27-38(28-30-39)42-23-13-24-43(31-42)44-25-14-26-45(32-44)51-53-49(40-19-9-3-10-20-40)52-50(54-51)41-21-11-4-12-22-41;1-5-14-36(15-6-1)38-24-26-39(27-25-38)40-28-30-41(31-29-40)47-33-46(37-16-7-2-8-17-37)34-48(35-47)44-22-13-23-45(32-44)51-53-49(42-18-9-3-10-19-42)52-50(54-51)43-20-11-4-12-21-43/h2*1-35H. The van der Waals surface area contributed by atoms with Crippen molar-refractivity contribution in [1.29, 1.82) is 0 Å². The lowest BCUT2D eigenvalue weighted by Gasteiger charge is -2.13. The Balaban J connectivity index is 0.000000158. The molecule has 0 unspecified atom stereocenters. The summed E-state index contributed by atoms with van der Waals surface area (Å²) in [5, 5.41) is 0. The minimum Gasteiger partial charge on any atom is -0.208 e. The number of rotatable bonds is 16. The van der Waals surface area contributed by atoms with Gasteiger partial charge in [-0.3, -0.25) is 0 Å². The van der Waals surface area contributed by atoms with Crippen LogP contribution in [0.1, 0.15) is 0 Å². The zero-order valence-corrected chi connectivity index (χ0v) is 59.1. The Bertz CT molecular complexity index is 5910. The van der Waals surface area contributed by atoms with E-state index in [0.29, 0.717) is 34.9 Å². The van der Waals surface area contributed by atoms with E-state index in [1.54, 1.807) is 0 Å². The summed E-state index contributed by atoms with van der Waals surface area (Å²) in [5.41, 5.74) is 29.1. The van der Waals surface area contributed by atoms with Crippen molar-refractivity contribution in [3.63, 3.8) is 0 Å². The van der Waals surface area contributed by atoms with Crippen molar-refractivity contribution >= 4 is 0 Å². The summed E-state index contributed by atoms with van der Waals surface area (Å²) in [6.45, 7) is 0. The summed E-state index contributed by atoms with van der Waals surface area (Å²) >= 11 is 0. The van der Waals surface area contributed by atoms with E-state index < -0.39 is 0 Å². The van der Waals surface area contributed by atoms with Gasteiger partial charge in [0.15, 0.2) is 34.9 Å². The lowest BCUT2D eigenvalue weighted by atomic mass is 9.92. The van der Waals surface area contributed by atoms with Gasteiger partial charge < -0.3 is 0 Å². The zero-order chi connectivity index (χ0) is 72.2. The van der Waals surface area contributed by atoms with Gasteiger partial charge in [-0.05, 0) is 166 Å². The molecule has 0 saturated heterocycles. The Morgan fingerprint density at radius 2 is 0.204 bits per heavy atom. The van der Waals surface area contributed by atoms with Gasteiger partial charge in [0.2, 0.25) is 0 Å². The van der Waals surface area contributed by atoms with Gasteiger partial charge in [-0.2, -0.15) is 0 Å². The fraction of sp³-hybridized carbons (Fsp3) is 0. The molecule has 0 bridgehead atoms. The first-order valence-corrected chi connectivity index (χ1v) is 36.4. The lowest BCUT2D eigenvalue weighted by molar-refractivity contribution is 1.07. The van der Waals surface area contributed by atoms with E-state index in [1.165, 1.54) is 61.2 Å². The maximum Gasteiger partial charge on any atom is 0.164 e. The molecule has 2 aromatic heterocycles. The van der Waals surface area contributed by atoms with Gasteiger partial charge in [0.05, 0.1) is 0 Å². The quantitative estimate of drug-likeness (QED) is 0.0959. The number of hydrogen-bond donors (Lipinski definition) is 0. The summed E-state index contributed by atoms with van der Waals surface area (Å²) < 4.78 is 0. The molecule has 0 saturated carbocycles. The van der Waals surface area contributed by atoms with Gasteiger partial charge in [0, 0.05) is 33.4 Å². The van der Waals surface area contributed by atoms with Crippen LogP contribution < -0.4 is 0 Å². The zero-order valence-electron chi connectivity index (χ0n) is 59.1. The fourth-order valence-electron chi connectivity index (χ4n) is 13.8. The molecular weight excluding hydrogens is 1310 g/mol. The summed E-state index contributed by atoms with van der Waals surface area (Å²) in [5.74, 6) is 3.87. The minimum atomic E-state index is 0.636. The van der Waals surface area contributed by atoms with Crippen molar-refractivity contribution in [2.75, 3.05) is 0 Å². The molecule has 508 valence electrons. The van der Waals surface area contributed by atoms with E-state index in [4.69, 9.17) is 29.9 Å². The van der Waals surface area contributed by atoms with Crippen molar-refractivity contribution in [2.45, 2.75) is 0 Å². The molecule has 6 nitrogen and oxygen atoms in total. The molecule has 108 heavy (non-hydrogen) atoms.